The first-order valence-corrected chi connectivity index (χ1v) is 6.78. The number of carboxylic acid groups (broad SMARTS) is 1. The molecule has 0 radical (unpaired) electrons. The van der Waals surface area contributed by atoms with Crippen LogP contribution in [0.25, 0.3) is 0 Å². The lowest BCUT2D eigenvalue weighted by molar-refractivity contribution is -0.143. The summed E-state index contributed by atoms with van der Waals surface area (Å²) in [5.41, 5.74) is 0.917. The molecule has 5 heteroatoms. The molecule has 2 rings (SSSR count). The number of piperidine rings is 1. The quantitative estimate of drug-likeness (QED) is 0.921. The van der Waals surface area contributed by atoms with Crippen LogP contribution in [0.4, 0.5) is 4.79 Å². The van der Waals surface area contributed by atoms with E-state index in [4.69, 9.17) is 9.84 Å². The molecule has 1 aromatic rings. The van der Waals surface area contributed by atoms with Gasteiger partial charge in [-0.25, -0.2) is 4.79 Å². The molecule has 20 heavy (non-hydrogen) atoms. The van der Waals surface area contributed by atoms with E-state index in [9.17, 15) is 9.59 Å². The minimum atomic E-state index is -0.849. The molecule has 1 aliphatic heterocycles. The summed E-state index contributed by atoms with van der Waals surface area (Å²) >= 11 is 0. The highest BCUT2D eigenvalue weighted by Crippen LogP contribution is 2.23. The van der Waals surface area contributed by atoms with Crippen molar-refractivity contribution < 1.29 is 19.4 Å². The second kappa shape index (κ2) is 6.41. The highest BCUT2D eigenvalue weighted by molar-refractivity contribution is 5.73. The number of ether oxygens (including phenoxy) is 1. The molecule has 0 spiro atoms. The first kappa shape index (κ1) is 14.4. The second-order valence-corrected chi connectivity index (χ2v) is 5.15. The Labute approximate surface area is 118 Å². The predicted octanol–water partition coefficient (Wildman–Crippen LogP) is 2.51. The van der Waals surface area contributed by atoms with Crippen molar-refractivity contribution in [1.29, 1.82) is 0 Å². The lowest BCUT2D eigenvalue weighted by Gasteiger charge is -2.35. The molecule has 108 valence electrons. The first-order chi connectivity index (χ1) is 9.58. The maximum absolute atomic E-state index is 12.1. The molecule has 1 amide bonds. The Morgan fingerprint density at radius 2 is 2.00 bits per heavy atom. The van der Waals surface area contributed by atoms with Gasteiger partial charge in [0.15, 0.2) is 0 Å². The average molecular weight is 277 g/mol. The van der Waals surface area contributed by atoms with E-state index in [1.54, 1.807) is 0 Å². The highest BCUT2D eigenvalue weighted by Gasteiger charge is 2.33. The summed E-state index contributed by atoms with van der Waals surface area (Å²) in [5.74, 6) is -1.34. The van der Waals surface area contributed by atoms with E-state index in [0.717, 1.165) is 5.56 Å². The van der Waals surface area contributed by atoms with Crippen molar-refractivity contribution in [3.8, 4) is 0 Å². The molecule has 1 aromatic carbocycles. The summed E-state index contributed by atoms with van der Waals surface area (Å²) in [6.45, 7) is 2.35. The SMILES string of the molecule is C[C@@H]1CC[C@H](C(=O)O)CN1C(=O)OCc1ccccc1. The number of likely N-dealkylation sites (tertiary alicyclic amines) is 1. The molecular weight excluding hydrogens is 258 g/mol. The summed E-state index contributed by atoms with van der Waals surface area (Å²) in [6, 6.07) is 9.45. The van der Waals surface area contributed by atoms with Crippen LogP contribution in [-0.4, -0.2) is 34.7 Å². The van der Waals surface area contributed by atoms with Crippen molar-refractivity contribution in [3.05, 3.63) is 35.9 Å². The van der Waals surface area contributed by atoms with E-state index in [-0.39, 0.29) is 19.2 Å². The minimum absolute atomic E-state index is 0.0221. The Morgan fingerprint density at radius 3 is 2.65 bits per heavy atom. The number of hydrogen-bond acceptors (Lipinski definition) is 3. The van der Waals surface area contributed by atoms with Crippen molar-refractivity contribution in [3.63, 3.8) is 0 Å². The molecule has 0 aliphatic carbocycles. The molecule has 0 aromatic heterocycles. The van der Waals surface area contributed by atoms with Crippen LogP contribution >= 0.6 is 0 Å². The van der Waals surface area contributed by atoms with E-state index < -0.39 is 18.0 Å². The van der Waals surface area contributed by atoms with E-state index >= 15 is 0 Å². The fourth-order valence-corrected chi connectivity index (χ4v) is 2.37. The van der Waals surface area contributed by atoms with Gasteiger partial charge in [-0.2, -0.15) is 0 Å². The molecule has 5 nitrogen and oxygen atoms in total. The third-order valence-corrected chi connectivity index (χ3v) is 3.67. The number of hydrogen-bond donors (Lipinski definition) is 1. The monoisotopic (exact) mass is 277 g/mol. The van der Waals surface area contributed by atoms with Crippen molar-refractivity contribution in [1.82, 2.24) is 4.90 Å². The Bertz CT molecular complexity index is 474. The lowest BCUT2D eigenvalue weighted by Crippen LogP contribution is -2.47. The Kier molecular flexibility index (Phi) is 4.61. The number of aliphatic carboxylic acids is 1. The maximum atomic E-state index is 12.1. The minimum Gasteiger partial charge on any atom is -0.481 e. The third-order valence-electron chi connectivity index (χ3n) is 3.67. The van der Waals surface area contributed by atoms with Crippen molar-refractivity contribution in [2.45, 2.75) is 32.4 Å². The first-order valence-electron chi connectivity index (χ1n) is 6.78. The van der Waals surface area contributed by atoms with Gasteiger partial charge in [-0.15, -0.1) is 0 Å². The van der Waals surface area contributed by atoms with Crippen LogP contribution in [0.1, 0.15) is 25.3 Å². The molecule has 0 saturated carbocycles. The van der Waals surface area contributed by atoms with Gasteiger partial charge in [0, 0.05) is 12.6 Å². The molecule has 1 N–H and O–H groups in total. The maximum Gasteiger partial charge on any atom is 0.410 e. The van der Waals surface area contributed by atoms with Crippen molar-refractivity contribution in [2.75, 3.05) is 6.54 Å². The number of benzene rings is 1. The van der Waals surface area contributed by atoms with E-state index in [0.29, 0.717) is 12.8 Å². The number of rotatable bonds is 3. The number of carboxylic acids is 1. The normalized spacial score (nSPS) is 22.4. The van der Waals surface area contributed by atoms with Crippen molar-refractivity contribution >= 4 is 12.1 Å². The molecule has 1 fully saturated rings. The van der Waals surface area contributed by atoms with Crippen LogP contribution in [0, 0.1) is 5.92 Å². The van der Waals surface area contributed by atoms with Gasteiger partial charge < -0.3 is 14.7 Å². The largest absolute Gasteiger partial charge is 0.481 e. The van der Waals surface area contributed by atoms with Crippen LogP contribution in [0.5, 0.6) is 0 Å². The summed E-state index contributed by atoms with van der Waals surface area (Å²) in [4.78, 5) is 24.6. The molecule has 1 aliphatic rings. The highest BCUT2D eigenvalue weighted by atomic mass is 16.6. The van der Waals surface area contributed by atoms with Gasteiger partial charge in [-0.1, -0.05) is 30.3 Å². The summed E-state index contributed by atoms with van der Waals surface area (Å²) in [5, 5.41) is 9.05. The van der Waals surface area contributed by atoms with Crippen LogP contribution in [0.15, 0.2) is 30.3 Å². The number of carbonyl (C=O) groups is 2. The van der Waals surface area contributed by atoms with Gasteiger partial charge in [0.2, 0.25) is 0 Å². The number of amides is 1. The van der Waals surface area contributed by atoms with E-state index in [1.807, 2.05) is 37.3 Å². The lowest BCUT2D eigenvalue weighted by atomic mass is 9.94. The number of carbonyl (C=O) groups excluding carboxylic acids is 1. The molecule has 0 bridgehead atoms. The van der Waals surface area contributed by atoms with Gasteiger partial charge in [0.25, 0.3) is 0 Å². The predicted molar refractivity (Wildman–Crippen MR) is 73.2 cm³/mol. The third kappa shape index (κ3) is 3.50. The van der Waals surface area contributed by atoms with Crippen LogP contribution in [0.2, 0.25) is 0 Å². The summed E-state index contributed by atoms with van der Waals surface area (Å²) < 4.78 is 5.26. The van der Waals surface area contributed by atoms with Crippen molar-refractivity contribution in [2.24, 2.45) is 5.92 Å². The zero-order valence-electron chi connectivity index (χ0n) is 11.5. The van der Waals surface area contributed by atoms with E-state index in [2.05, 4.69) is 0 Å². The Morgan fingerprint density at radius 1 is 1.30 bits per heavy atom. The average Bonchev–Trinajstić information content (AvgIpc) is 2.46. The summed E-state index contributed by atoms with van der Waals surface area (Å²) in [6.07, 6.45) is 0.864. The molecule has 0 unspecified atom stereocenters. The molecular formula is C15H19NO4. The molecule has 1 saturated heterocycles. The Hall–Kier alpha value is -2.04. The Balaban J connectivity index is 1.91. The second-order valence-electron chi connectivity index (χ2n) is 5.15. The fourth-order valence-electron chi connectivity index (χ4n) is 2.37. The van der Waals surface area contributed by atoms with Crippen LogP contribution in [-0.2, 0) is 16.1 Å². The standard InChI is InChI=1S/C15H19NO4/c1-11-7-8-13(14(17)18)9-16(11)15(19)20-10-12-5-3-2-4-6-12/h2-6,11,13H,7-10H2,1H3,(H,17,18)/t11-,13+/m1/s1. The van der Waals surface area contributed by atoms with Gasteiger partial charge in [0.05, 0.1) is 5.92 Å². The fraction of sp³-hybridized carbons (Fsp3) is 0.467. The topological polar surface area (TPSA) is 66.8 Å². The number of nitrogens with zero attached hydrogens (tertiary/aromatic N) is 1. The van der Waals surface area contributed by atoms with Gasteiger partial charge in [-0.3, -0.25) is 4.79 Å². The van der Waals surface area contributed by atoms with Crippen LogP contribution < -0.4 is 0 Å². The van der Waals surface area contributed by atoms with Gasteiger partial charge in [-0.05, 0) is 25.3 Å². The molecule has 1 heterocycles. The molecule has 2 atom stereocenters. The van der Waals surface area contributed by atoms with E-state index in [1.165, 1.54) is 4.90 Å². The van der Waals surface area contributed by atoms with Gasteiger partial charge >= 0.3 is 12.1 Å². The zero-order chi connectivity index (χ0) is 14.5. The smallest absolute Gasteiger partial charge is 0.410 e. The zero-order valence-corrected chi connectivity index (χ0v) is 11.5. The van der Waals surface area contributed by atoms with Gasteiger partial charge in [0.1, 0.15) is 6.61 Å². The van der Waals surface area contributed by atoms with Crippen LogP contribution in [0.3, 0.4) is 0 Å². The summed E-state index contributed by atoms with van der Waals surface area (Å²) in [7, 11) is 0.